The second-order valence-electron chi connectivity index (χ2n) is 5.14. The Balaban J connectivity index is 1.97. The Hall–Kier alpha value is -2.33. The van der Waals surface area contributed by atoms with Gasteiger partial charge in [-0.3, -0.25) is 9.89 Å². The molecule has 9 nitrogen and oxygen atoms in total. The summed E-state index contributed by atoms with van der Waals surface area (Å²) in [6.07, 6.45) is 6.53. The van der Waals surface area contributed by atoms with Crippen LogP contribution in [0.1, 0.15) is 22.1 Å². The zero-order valence-electron chi connectivity index (χ0n) is 12.3. The van der Waals surface area contributed by atoms with Crippen LogP contribution in [0.3, 0.4) is 0 Å². The predicted octanol–water partition coefficient (Wildman–Crippen LogP) is -0.183. The second kappa shape index (κ2) is 6.05. The van der Waals surface area contributed by atoms with Crippen molar-refractivity contribution in [2.24, 2.45) is 0 Å². The van der Waals surface area contributed by atoms with Crippen molar-refractivity contribution < 1.29 is 17.9 Å². The van der Waals surface area contributed by atoms with E-state index in [-0.39, 0.29) is 17.4 Å². The maximum Gasteiger partial charge on any atom is 0.257 e. The van der Waals surface area contributed by atoms with Gasteiger partial charge in [-0.25, -0.2) is 18.4 Å². The molecule has 1 unspecified atom stereocenters. The molecule has 0 aromatic carbocycles. The number of rotatable bonds is 3. The smallest absolute Gasteiger partial charge is 0.257 e. The number of nitrogens with zero attached hydrogens (tertiary/aromatic N) is 4. The third-order valence-corrected chi connectivity index (χ3v) is 4.69. The van der Waals surface area contributed by atoms with Gasteiger partial charge in [-0.2, -0.15) is 5.10 Å². The quantitative estimate of drug-likeness (QED) is 0.825. The molecule has 0 radical (unpaired) electrons. The molecule has 0 aliphatic carbocycles. The van der Waals surface area contributed by atoms with Gasteiger partial charge >= 0.3 is 0 Å². The lowest BCUT2D eigenvalue weighted by Gasteiger charge is -2.35. The zero-order chi connectivity index (χ0) is 16.4. The van der Waals surface area contributed by atoms with Gasteiger partial charge < -0.3 is 9.64 Å². The number of ether oxygens (including phenoxy) is 1. The molecule has 23 heavy (non-hydrogen) atoms. The van der Waals surface area contributed by atoms with Crippen LogP contribution < -0.4 is 0 Å². The molecule has 1 fully saturated rings. The topological polar surface area (TPSA) is 118 Å². The lowest BCUT2D eigenvalue weighted by Crippen LogP contribution is -2.44. The molecule has 0 bridgehead atoms. The zero-order valence-corrected chi connectivity index (χ0v) is 13.2. The van der Waals surface area contributed by atoms with E-state index in [1.165, 1.54) is 24.9 Å². The van der Waals surface area contributed by atoms with Crippen molar-refractivity contribution in [2.75, 3.05) is 26.0 Å². The number of carbonyl (C=O) groups is 1. The lowest BCUT2D eigenvalue weighted by atomic mass is 10.1. The van der Waals surface area contributed by atoms with E-state index in [0.717, 1.165) is 6.26 Å². The second-order valence-corrected chi connectivity index (χ2v) is 7.12. The minimum Gasteiger partial charge on any atom is -0.377 e. The number of aromatic nitrogens is 4. The molecule has 1 atom stereocenters. The van der Waals surface area contributed by atoms with Gasteiger partial charge in [-0.15, -0.1) is 0 Å². The van der Waals surface area contributed by atoms with Crippen molar-refractivity contribution in [3.05, 3.63) is 36.2 Å². The third-order valence-electron chi connectivity index (χ3n) is 3.56. The molecule has 1 aliphatic heterocycles. The first kappa shape index (κ1) is 15.6. The molecular weight excluding hydrogens is 322 g/mol. The van der Waals surface area contributed by atoms with Crippen LogP contribution in [0.5, 0.6) is 0 Å². The fourth-order valence-corrected chi connectivity index (χ4v) is 3.31. The molecule has 0 saturated carbocycles. The normalized spacial score (nSPS) is 18.8. The van der Waals surface area contributed by atoms with Crippen molar-refractivity contribution in [3.8, 4) is 0 Å². The number of H-pyrrole nitrogens is 1. The Labute approximate surface area is 132 Å². The maximum absolute atomic E-state index is 12.7. The fraction of sp³-hybridized carbons (Fsp3) is 0.385. The standard InChI is InChI=1S/C13H15N5O4S/c1-23(20,21)11-6-16-17-12(11)10-7-22-3-2-18(10)13(19)9-4-14-8-15-5-9/h4-6,8,10H,2-3,7H2,1H3,(H,16,17). The first-order chi connectivity index (χ1) is 11.0. The molecule has 3 heterocycles. The molecule has 2 aromatic rings. The number of hydrogen-bond acceptors (Lipinski definition) is 7. The Morgan fingerprint density at radius 2 is 2.09 bits per heavy atom. The van der Waals surface area contributed by atoms with Crippen LogP contribution in [0.4, 0.5) is 0 Å². The summed E-state index contributed by atoms with van der Waals surface area (Å²) >= 11 is 0. The molecule has 10 heteroatoms. The summed E-state index contributed by atoms with van der Waals surface area (Å²) in [6, 6.07) is -0.566. The van der Waals surface area contributed by atoms with Gasteiger partial charge in [0, 0.05) is 25.2 Å². The summed E-state index contributed by atoms with van der Waals surface area (Å²) in [4.78, 5) is 22.0. The van der Waals surface area contributed by atoms with E-state index in [9.17, 15) is 13.2 Å². The summed E-state index contributed by atoms with van der Waals surface area (Å²) in [5.74, 6) is -0.284. The van der Waals surface area contributed by atoms with Gasteiger partial charge in [0.05, 0.1) is 36.7 Å². The molecular formula is C13H15N5O4S. The fourth-order valence-electron chi connectivity index (χ4n) is 2.48. The highest BCUT2D eigenvalue weighted by Crippen LogP contribution is 2.28. The van der Waals surface area contributed by atoms with Crippen LogP contribution in [0, 0.1) is 0 Å². The van der Waals surface area contributed by atoms with E-state index in [1.807, 2.05) is 0 Å². The number of aromatic amines is 1. The van der Waals surface area contributed by atoms with E-state index in [2.05, 4.69) is 20.2 Å². The first-order valence-electron chi connectivity index (χ1n) is 6.85. The van der Waals surface area contributed by atoms with Gasteiger partial charge in [0.2, 0.25) is 0 Å². The molecule has 2 aromatic heterocycles. The van der Waals surface area contributed by atoms with Gasteiger partial charge in [0.25, 0.3) is 5.91 Å². The van der Waals surface area contributed by atoms with E-state index in [4.69, 9.17) is 4.74 Å². The average molecular weight is 337 g/mol. The van der Waals surface area contributed by atoms with Crippen molar-refractivity contribution in [2.45, 2.75) is 10.9 Å². The number of nitrogens with one attached hydrogen (secondary N) is 1. The minimum atomic E-state index is -3.47. The Bertz CT molecular complexity index is 805. The first-order valence-corrected chi connectivity index (χ1v) is 8.74. The number of amides is 1. The van der Waals surface area contributed by atoms with Gasteiger partial charge in [-0.1, -0.05) is 0 Å². The summed E-state index contributed by atoms with van der Waals surface area (Å²) in [7, 11) is -3.47. The summed E-state index contributed by atoms with van der Waals surface area (Å²) in [6.45, 7) is 0.892. The van der Waals surface area contributed by atoms with Gasteiger partial charge in [-0.05, 0) is 0 Å². The number of carbonyl (C=O) groups excluding carboxylic acids is 1. The van der Waals surface area contributed by atoms with E-state index in [1.54, 1.807) is 4.90 Å². The number of hydrogen-bond donors (Lipinski definition) is 1. The highest BCUT2D eigenvalue weighted by molar-refractivity contribution is 7.90. The van der Waals surface area contributed by atoms with Crippen LogP contribution in [-0.2, 0) is 14.6 Å². The summed E-state index contributed by atoms with van der Waals surface area (Å²) in [5, 5.41) is 6.49. The number of morpholine rings is 1. The predicted molar refractivity (Wildman–Crippen MR) is 78.3 cm³/mol. The van der Waals surface area contributed by atoms with Crippen LogP contribution in [-0.4, -0.2) is 65.4 Å². The number of sulfone groups is 1. The molecule has 1 amide bonds. The maximum atomic E-state index is 12.7. The SMILES string of the molecule is CS(=O)(=O)c1cn[nH]c1C1COCCN1C(=O)c1cncnc1. The largest absolute Gasteiger partial charge is 0.377 e. The molecule has 1 saturated heterocycles. The molecule has 0 spiro atoms. The highest BCUT2D eigenvalue weighted by atomic mass is 32.2. The third kappa shape index (κ3) is 3.08. The Morgan fingerprint density at radius 1 is 1.35 bits per heavy atom. The van der Waals surface area contributed by atoms with Crippen LogP contribution >= 0.6 is 0 Å². The molecule has 3 rings (SSSR count). The average Bonchev–Trinajstić information content (AvgIpc) is 3.05. The van der Waals surface area contributed by atoms with Crippen LogP contribution in [0.15, 0.2) is 29.8 Å². The Kier molecular flexibility index (Phi) is 4.09. The van der Waals surface area contributed by atoms with Crippen molar-refractivity contribution in [1.29, 1.82) is 0 Å². The molecule has 122 valence electrons. The van der Waals surface area contributed by atoms with E-state index in [0.29, 0.717) is 24.4 Å². The van der Waals surface area contributed by atoms with Gasteiger partial charge in [0.1, 0.15) is 11.2 Å². The molecule has 1 N–H and O–H groups in total. The van der Waals surface area contributed by atoms with Crippen molar-refractivity contribution in [3.63, 3.8) is 0 Å². The minimum absolute atomic E-state index is 0.0649. The highest BCUT2D eigenvalue weighted by Gasteiger charge is 2.34. The van der Waals surface area contributed by atoms with Gasteiger partial charge in [0.15, 0.2) is 9.84 Å². The lowest BCUT2D eigenvalue weighted by molar-refractivity contribution is -0.00472. The van der Waals surface area contributed by atoms with E-state index >= 15 is 0 Å². The van der Waals surface area contributed by atoms with Crippen molar-refractivity contribution in [1.82, 2.24) is 25.1 Å². The Morgan fingerprint density at radius 3 is 2.78 bits per heavy atom. The monoisotopic (exact) mass is 337 g/mol. The van der Waals surface area contributed by atoms with E-state index < -0.39 is 15.9 Å². The summed E-state index contributed by atoms with van der Waals surface area (Å²) < 4.78 is 29.2. The molecule has 1 aliphatic rings. The van der Waals surface area contributed by atoms with Crippen LogP contribution in [0.25, 0.3) is 0 Å². The van der Waals surface area contributed by atoms with Crippen molar-refractivity contribution >= 4 is 15.7 Å². The van der Waals surface area contributed by atoms with Crippen LogP contribution in [0.2, 0.25) is 0 Å². The summed E-state index contributed by atoms with van der Waals surface area (Å²) in [5.41, 5.74) is 0.678.